The van der Waals surface area contributed by atoms with Gasteiger partial charge in [-0.1, -0.05) is 51.3 Å². The van der Waals surface area contributed by atoms with E-state index in [1.165, 1.54) is 6.07 Å². The molecule has 3 aromatic carbocycles. The van der Waals surface area contributed by atoms with Crippen molar-refractivity contribution >= 4 is 72.9 Å². The number of nitrogens with zero attached hydrogens (tertiary/aromatic N) is 1. The second-order valence-electron chi connectivity index (χ2n) is 6.08. The van der Waals surface area contributed by atoms with Gasteiger partial charge in [0.05, 0.1) is 26.9 Å². The van der Waals surface area contributed by atoms with Crippen LogP contribution in [0.3, 0.4) is 0 Å². The van der Waals surface area contributed by atoms with Crippen LogP contribution in [0.15, 0.2) is 71.2 Å². The third kappa shape index (κ3) is 4.07. The van der Waals surface area contributed by atoms with Crippen LogP contribution < -0.4 is 10.6 Å². The molecule has 1 aromatic heterocycles. The van der Waals surface area contributed by atoms with E-state index in [0.717, 1.165) is 26.8 Å². The summed E-state index contributed by atoms with van der Waals surface area (Å²) in [5.74, 6) is 0.168. The minimum absolute atomic E-state index is 0.348. The molecule has 1 heterocycles. The van der Waals surface area contributed by atoms with E-state index < -0.39 is 0 Å². The summed E-state index contributed by atoms with van der Waals surface area (Å²) < 4.78 is 15.0. The molecule has 0 atom stereocenters. The summed E-state index contributed by atoms with van der Waals surface area (Å²) in [4.78, 5) is 4.60. The molecule has 28 heavy (non-hydrogen) atoms. The number of hydrogen-bond acceptors (Lipinski definition) is 3. The van der Waals surface area contributed by atoms with Crippen molar-refractivity contribution in [1.82, 2.24) is 4.98 Å². The number of hydrogen-bond donors (Lipinski definition) is 2. The molecular weight excluding hydrogens is 464 g/mol. The smallest absolute Gasteiger partial charge is 0.146 e. The first-order valence-electron chi connectivity index (χ1n) is 8.33. The maximum absolute atomic E-state index is 14.0. The number of benzene rings is 3. The fourth-order valence-corrected chi connectivity index (χ4v) is 3.45. The van der Waals surface area contributed by atoms with Gasteiger partial charge in [0.15, 0.2) is 0 Å². The lowest BCUT2D eigenvalue weighted by Gasteiger charge is -2.14. The van der Waals surface area contributed by atoms with Gasteiger partial charge >= 0.3 is 0 Å². The highest BCUT2D eigenvalue weighted by molar-refractivity contribution is 9.10. The number of halogens is 4. The molecule has 0 saturated carbocycles. The van der Waals surface area contributed by atoms with Gasteiger partial charge in [0.1, 0.15) is 11.6 Å². The quantitative estimate of drug-likeness (QED) is 0.314. The molecule has 0 radical (unpaired) electrons. The molecule has 0 amide bonds. The van der Waals surface area contributed by atoms with Crippen molar-refractivity contribution in [3.8, 4) is 0 Å². The zero-order valence-corrected chi connectivity index (χ0v) is 17.4. The third-order valence-electron chi connectivity index (χ3n) is 4.11. The molecule has 4 rings (SSSR count). The Morgan fingerprint density at radius 1 is 0.821 bits per heavy atom. The van der Waals surface area contributed by atoms with Crippen LogP contribution >= 0.6 is 39.1 Å². The summed E-state index contributed by atoms with van der Waals surface area (Å²) in [6, 6.07) is 19.4. The zero-order valence-electron chi connectivity index (χ0n) is 14.3. The first-order chi connectivity index (χ1) is 13.5. The maximum Gasteiger partial charge on any atom is 0.146 e. The third-order valence-corrected chi connectivity index (χ3v) is 5.34. The number of para-hydroxylation sites is 1. The van der Waals surface area contributed by atoms with Crippen LogP contribution in [0.5, 0.6) is 0 Å². The minimum atomic E-state index is -0.348. The van der Waals surface area contributed by atoms with E-state index in [0.29, 0.717) is 21.6 Å². The second kappa shape index (κ2) is 7.95. The van der Waals surface area contributed by atoms with Crippen molar-refractivity contribution in [2.24, 2.45) is 0 Å². The monoisotopic (exact) mass is 475 g/mol. The lowest BCUT2D eigenvalue weighted by atomic mass is 10.1. The number of pyridine rings is 1. The van der Waals surface area contributed by atoms with Crippen LogP contribution in [-0.2, 0) is 0 Å². The lowest BCUT2D eigenvalue weighted by molar-refractivity contribution is 0.632. The predicted octanol–water partition coefficient (Wildman–Crippen LogP) is 7.93. The van der Waals surface area contributed by atoms with Gasteiger partial charge in [0.25, 0.3) is 0 Å². The molecule has 0 aliphatic rings. The van der Waals surface area contributed by atoms with Crippen molar-refractivity contribution in [1.29, 1.82) is 0 Å². The van der Waals surface area contributed by atoms with Crippen molar-refractivity contribution in [2.75, 3.05) is 10.6 Å². The van der Waals surface area contributed by atoms with E-state index in [2.05, 4.69) is 31.5 Å². The summed E-state index contributed by atoms with van der Waals surface area (Å²) in [5, 5.41) is 8.23. The van der Waals surface area contributed by atoms with E-state index >= 15 is 0 Å². The molecule has 0 aliphatic carbocycles. The highest BCUT2D eigenvalue weighted by atomic mass is 79.9. The van der Waals surface area contributed by atoms with Gasteiger partial charge in [-0.3, -0.25) is 0 Å². The molecular formula is C21H13BrCl2FN3. The number of anilines is 4. The second-order valence-corrected chi connectivity index (χ2v) is 7.81. The SMILES string of the molecule is Fc1ccccc1Nc1cc(Nc2ccc(Cl)c(Cl)c2)c2cc(Br)ccc2n1. The minimum Gasteiger partial charge on any atom is -0.355 e. The zero-order chi connectivity index (χ0) is 19.7. The van der Waals surface area contributed by atoms with E-state index in [1.807, 2.05) is 30.3 Å². The molecule has 0 bridgehead atoms. The van der Waals surface area contributed by atoms with Gasteiger partial charge < -0.3 is 10.6 Å². The predicted molar refractivity (Wildman–Crippen MR) is 119 cm³/mol. The van der Waals surface area contributed by atoms with Crippen LogP contribution in [0, 0.1) is 5.82 Å². The Morgan fingerprint density at radius 2 is 1.64 bits per heavy atom. The van der Waals surface area contributed by atoms with Gasteiger partial charge in [-0.25, -0.2) is 9.37 Å². The average molecular weight is 477 g/mol. The van der Waals surface area contributed by atoms with Gasteiger partial charge in [0, 0.05) is 21.6 Å². The molecule has 0 fully saturated rings. The van der Waals surface area contributed by atoms with Crippen LogP contribution in [0.25, 0.3) is 10.9 Å². The number of aromatic nitrogens is 1. The average Bonchev–Trinajstić information content (AvgIpc) is 2.67. The Kier molecular flexibility index (Phi) is 5.40. The van der Waals surface area contributed by atoms with Crippen molar-refractivity contribution in [2.45, 2.75) is 0 Å². The first kappa shape index (κ1) is 19.0. The Hall–Kier alpha value is -2.34. The van der Waals surface area contributed by atoms with Crippen LogP contribution in [0.1, 0.15) is 0 Å². The van der Waals surface area contributed by atoms with Gasteiger partial charge in [-0.2, -0.15) is 0 Å². The van der Waals surface area contributed by atoms with Crippen molar-refractivity contribution in [3.05, 3.63) is 87.1 Å². The Balaban J connectivity index is 1.79. The van der Waals surface area contributed by atoms with Gasteiger partial charge in [0.2, 0.25) is 0 Å². The summed E-state index contributed by atoms with van der Waals surface area (Å²) in [6.07, 6.45) is 0. The molecule has 7 heteroatoms. The van der Waals surface area contributed by atoms with Crippen molar-refractivity contribution < 1.29 is 4.39 Å². The largest absolute Gasteiger partial charge is 0.355 e. The standard InChI is InChI=1S/C21H13BrCl2FN3/c22-12-5-8-18-14(9-12)20(26-13-6-7-15(23)16(24)10-13)11-21(27-18)28-19-4-2-1-3-17(19)25/h1-11H,(H2,26,27,28). The topological polar surface area (TPSA) is 37.0 Å². The highest BCUT2D eigenvalue weighted by Gasteiger charge is 2.10. The van der Waals surface area contributed by atoms with E-state index in [4.69, 9.17) is 23.2 Å². The number of nitrogens with one attached hydrogen (secondary N) is 2. The van der Waals surface area contributed by atoms with Crippen molar-refractivity contribution in [3.63, 3.8) is 0 Å². The molecule has 0 spiro atoms. The van der Waals surface area contributed by atoms with Crippen LogP contribution in [-0.4, -0.2) is 4.98 Å². The molecule has 140 valence electrons. The highest BCUT2D eigenvalue weighted by Crippen LogP contribution is 2.33. The molecule has 0 aliphatic heterocycles. The van der Waals surface area contributed by atoms with E-state index in [9.17, 15) is 4.39 Å². The number of fused-ring (bicyclic) bond motifs is 1. The molecule has 4 aromatic rings. The Labute approximate surface area is 179 Å². The maximum atomic E-state index is 14.0. The summed E-state index contributed by atoms with van der Waals surface area (Å²) in [6.45, 7) is 0. The number of rotatable bonds is 4. The summed E-state index contributed by atoms with van der Waals surface area (Å²) in [5.41, 5.74) is 2.68. The summed E-state index contributed by atoms with van der Waals surface area (Å²) >= 11 is 15.6. The Morgan fingerprint density at radius 3 is 2.43 bits per heavy atom. The fraction of sp³-hybridized carbons (Fsp3) is 0. The van der Waals surface area contributed by atoms with Gasteiger partial charge in [-0.05, 0) is 48.5 Å². The fourth-order valence-electron chi connectivity index (χ4n) is 2.80. The lowest BCUT2D eigenvalue weighted by Crippen LogP contribution is -1.99. The van der Waals surface area contributed by atoms with Gasteiger partial charge in [-0.15, -0.1) is 0 Å². The molecule has 0 unspecified atom stereocenters. The molecule has 3 nitrogen and oxygen atoms in total. The molecule has 0 saturated heterocycles. The normalized spacial score (nSPS) is 10.9. The summed E-state index contributed by atoms with van der Waals surface area (Å²) in [7, 11) is 0. The van der Waals surface area contributed by atoms with E-state index in [-0.39, 0.29) is 5.82 Å². The molecule has 2 N–H and O–H groups in total. The Bertz CT molecular complexity index is 1180. The van der Waals surface area contributed by atoms with Crippen LogP contribution in [0.4, 0.5) is 27.3 Å². The first-order valence-corrected chi connectivity index (χ1v) is 9.88. The van der Waals surface area contributed by atoms with Crippen LogP contribution in [0.2, 0.25) is 10.0 Å². The van der Waals surface area contributed by atoms with E-state index in [1.54, 1.807) is 30.3 Å².